The van der Waals surface area contributed by atoms with Crippen LogP contribution in [-0.2, 0) is 20.9 Å². The third-order valence-corrected chi connectivity index (χ3v) is 5.18. The molecule has 0 saturated carbocycles. The van der Waals surface area contributed by atoms with Gasteiger partial charge in [-0.25, -0.2) is 0 Å². The van der Waals surface area contributed by atoms with Crippen LogP contribution in [0.2, 0.25) is 0 Å². The van der Waals surface area contributed by atoms with Crippen LogP contribution < -0.4 is 10.6 Å². The lowest BCUT2D eigenvalue weighted by Crippen LogP contribution is -2.51. The summed E-state index contributed by atoms with van der Waals surface area (Å²) in [6, 6.07) is 6.13. The number of carbonyl (C=O) groups excluding carboxylic acids is 3. The maximum atomic E-state index is 12.1. The molecule has 6 nitrogen and oxygen atoms in total. The highest BCUT2D eigenvalue weighted by molar-refractivity contribution is 6.00. The Balaban J connectivity index is 1.76. The van der Waals surface area contributed by atoms with Gasteiger partial charge < -0.3 is 10.2 Å². The van der Waals surface area contributed by atoms with Gasteiger partial charge in [-0.15, -0.1) is 0 Å². The van der Waals surface area contributed by atoms with Crippen LogP contribution in [0.15, 0.2) is 18.2 Å². The minimum absolute atomic E-state index is 0.270. The number of benzene rings is 1. The van der Waals surface area contributed by atoms with Gasteiger partial charge in [0.05, 0.1) is 0 Å². The summed E-state index contributed by atoms with van der Waals surface area (Å²) in [6.45, 7) is 3.42. The highest BCUT2D eigenvalue weighted by atomic mass is 16.2. The van der Waals surface area contributed by atoms with Crippen LogP contribution in [-0.4, -0.2) is 35.7 Å². The van der Waals surface area contributed by atoms with E-state index in [-0.39, 0.29) is 18.2 Å². The molecular formula is C19H25N3O3. The van der Waals surface area contributed by atoms with Crippen molar-refractivity contribution in [2.45, 2.75) is 57.7 Å². The van der Waals surface area contributed by atoms with E-state index in [1.54, 1.807) is 0 Å². The van der Waals surface area contributed by atoms with Crippen molar-refractivity contribution in [1.29, 1.82) is 0 Å². The minimum atomic E-state index is -0.578. The SMILES string of the molecule is Cc1ccc([C@@H]2CCCCN2)cc1CN(C=O)C1CCC(=O)NC1=O. The van der Waals surface area contributed by atoms with Gasteiger partial charge in [-0.1, -0.05) is 24.6 Å². The molecule has 0 radical (unpaired) electrons. The number of amides is 3. The van der Waals surface area contributed by atoms with Gasteiger partial charge in [0.2, 0.25) is 18.2 Å². The van der Waals surface area contributed by atoms with E-state index in [9.17, 15) is 14.4 Å². The molecule has 0 bridgehead atoms. The maximum Gasteiger partial charge on any atom is 0.249 e. The standard InChI is InChI=1S/C19H25N3O3/c1-13-5-6-14(16-4-2-3-9-20-16)10-15(13)11-22(12-23)17-7-8-18(24)21-19(17)25/h5-6,10,12,16-17,20H,2-4,7-9,11H2,1H3,(H,21,24,25)/t16-,17?/m0/s1. The molecule has 6 heteroatoms. The molecular weight excluding hydrogens is 318 g/mol. The van der Waals surface area contributed by atoms with Gasteiger partial charge in [0.15, 0.2) is 0 Å². The average Bonchev–Trinajstić information content (AvgIpc) is 2.62. The van der Waals surface area contributed by atoms with E-state index < -0.39 is 6.04 Å². The van der Waals surface area contributed by atoms with Crippen LogP contribution in [0.3, 0.4) is 0 Å². The molecule has 2 fully saturated rings. The van der Waals surface area contributed by atoms with Gasteiger partial charge in [-0.05, 0) is 49.4 Å². The first-order valence-electron chi connectivity index (χ1n) is 8.96. The van der Waals surface area contributed by atoms with Crippen LogP contribution in [0.25, 0.3) is 0 Å². The van der Waals surface area contributed by atoms with E-state index in [1.807, 2.05) is 6.92 Å². The molecule has 2 N–H and O–H groups in total. The number of nitrogens with one attached hydrogen (secondary N) is 2. The number of imide groups is 1. The van der Waals surface area contributed by atoms with Gasteiger partial charge in [0, 0.05) is 19.0 Å². The molecule has 2 saturated heterocycles. The molecule has 2 atom stereocenters. The monoisotopic (exact) mass is 343 g/mol. The molecule has 3 rings (SSSR count). The zero-order chi connectivity index (χ0) is 17.8. The molecule has 134 valence electrons. The molecule has 1 aromatic carbocycles. The fourth-order valence-electron chi connectivity index (χ4n) is 3.63. The molecule has 2 aliphatic heterocycles. The Kier molecular flexibility index (Phi) is 5.48. The van der Waals surface area contributed by atoms with Crippen LogP contribution >= 0.6 is 0 Å². The van der Waals surface area contributed by atoms with Crippen LogP contribution in [0.1, 0.15) is 54.8 Å². The van der Waals surface area contributed by atoms with E-state index in [0.717, 1.165) is 24.1 Å². The summed E-state index contributed by atoms with van der Waals surface area (Å²) in [5, 5.41) is 5.86. The summed E-state index contributed by atoms with van der Waals surface area (Å²) >= 11 is 0. The van der Waals surface area contributed by atoms with Crippen molar-refractivity contribution in [2.24, 2.45) is 0 Å². The Labute approximate surface area is 148 Å². The lowest BCUT2D eigenvalue weighted by molar-refractivity contribution is -0.141. The van der Waals surface area contributed by atoms with E-state index in [4.69, 9.17) is 0 Å². The summed E-state index contributed by atoms with van der Waals surface area (Å²) in [7, 11) is 0. The van der Waals surface area contributed by atoms with E-state index in [0.29, 0.717) is 25.4 Å². The minimum Gasteiger partial charge on any atom is -0.329 e. The van der Waals surface area contributed by atoms with E-state index >= 15 is 0 Å². The molecule has 0 aliphatic carbocycles. The number of hydrogen-bond donors (Lipinski definition) is 2. The Morgan fingerprint density at radius 1 is 1.24 bits per heavy atom. The third kappa shape index (κ3) is 4.07. The van der Waals surface area contributed by atoms with Crippen molar-refractivity contribution in [1.82, 2.24) is 15.5 Å². The van der Waals surface area contributed by atoms with Gasteiger partial charge >= 0.3 is 0 Å². The van der Waals surface area contributed by atoms with Gasteiger partial charge in [0.1, 0.15) is 6.04 Å². The molecule has 25 heavy (non-hydrogen) atoms. The summed E-state index contributed by atoms with van der Waals surface area (Å²) in [6.07, 6.45) is 4.91. The normalized spacial score (nSPS) is 23.9. The summed E-state index contributed by atoms with van der Waals surface area (Å²) in [5.74, 6) is -0.653. The smallest absolute Gasteiger partial charge is 0.249 e. The Bertz CT molecular complexity index is 668. The fraction of sp³-hybridized carbons (Fsp3) is 0.526. The number of aryl methyl sites for hydroxylation is 1. The summed E-state index contributed by atoms with van der Waals surface area (Å²) in [5.41, 5.74) is 3.37. The zero-order valence-electron chi connectivity index (χ0n) is 14.6. The predicted molar refractivity (Wildman–Crippen MR) is 93.6 cm³/mol. The first-order valence-corrected chi connectivity index (χ1v) is 8.96. The molecule has 3 amide bonds. The third-order valence-electron chi connectivity index (χ3n) is 5.18. The lowest BCUT2D eigenvalue weighted by Gasteiger charge is -2.31. The largest absolute Gasteiger partial charge is 0.329 e. The number of nitrogens with zero attached hydrogens (tertiary/aromatic N) is 1. The van der Waals surface area contributed by atoms with Crippen LogP contribution in [0.4, 0.5) is 0 Å². The molecule has 0 spiro atoms. The van der Waals surface area contributed by atoms with Crippen molar-refractivity contribution in [3.63, 3.8) is 0 Å². The molecule has 1 unspecified atom stereocenters. The van der Waals surface area contributed by atoms with Crippen molar-refractivity contribution in [2.75, 3.05) is 6.54 Å². The predicted octanol–water partition coefficient (Wildman–Crippen LogP) is 1.57. The lowest BCUT2D eigenvalue weighted by atomic mass is 9.94. The van der Waals surface area contributed by atoms with Crippen molar-refractivity contribution < 1.29 is 14.4 Å². The zero-order valence-corrected chi connectivity index (χ0v) is 14.6. The fourth-order valence-corrected chi connectivity index (χ4v) is 3.63. The summed E-state index contributed by atoms with van der Waals surface area (Å²) < 4.78 is 0. The van der Waals surface area contributed by atoms with Crippen LogP contribution in [0, 0.1) is 6.92 Å². The first kappa shape index (κ1) is 17.6. The molecule has 0 aromatic heterocycles. The number of hydrogen-bond acceptors (Lipinski definition) is 4. The quantitative estimate of drug-likeness (QED) is 0.628. The number of piperidine rings is 2. The van der Waals surface area contributed by atoms with Crippen molar-refractivity contribution in [3.05, 3.63) is 34.9 Å². The topological polar surface area (TPSA) is 78.5 Å². The Morgan fingerprint density at radius 3 is 2.76 bits per heavy atom. The highest BCUT2D eigenvalue weighted by Crippen LogP contribution is 2.26. The maximum absolute atomic E-state index is 12.1. The second-order valence-corrected chi connectivity index (χ2v) is 6.93. The van der Waals surface area contributed by atoms with Crippen molar-refractivity contribution in [3.8, 4) is 0 Å². The van der Waals surface area contributed by atoms with E-state index in [2.05, 4.69) is 28.8 Å². The van der Waals surface area contributed by atoms with Crippen LogP contribution in [0.5, 0.6) is 0 Å². The molecule has 2 aliphatic rings. The van der Waals surface area contributed by atoms with Crippen molar-refractivity contribution >= 4 is 18.2 Å². The number of carbonyl (C=O) groups is 3. The highest BCUT2D eigenvalue weighted by Gasteiger charge is 2.31. The average molecular weight is 343 g/mol. The number of rotatable bonds is 5. The summed E-state index contributed by atoms with van der Waals surface area (Å²) in [4.78, 5) is 36.5. The van der Waals surface area contributed by atoms with E-state index in [1.165, 1.54) is 23.3 Å². The van der Waals surface area contributed by atoms with Gasteiger partial charge in [-0.2, -0.15) is 0 Å². The Hall–Kier alpha value is -2.21. The molecule has 1 aromatic rings. The Morgan fingerprint density at radius 2 is 2.08 bits per heavy atom. The molecule has 2 heterocycles. The first-order chi connectivity index (χ1) is 12.1. The second kappa shape index (κ2) is 7.78. The second-order valence-electron chi connectivity index (χ2n) is 6.93. The van der Waals surface area contributed by atoms with Gasteiger partial charge in [-0.3, -0.25) is 19.7 Å². The van der Waals surface area contributed by atoms with Gasteiger partial charge in [0.25, 0.3) is 0 Å².